The number of nitrogens with one attached hydrogen (secondary N) is 3. The number of urea groups is 1. The summed E-state index contributed by atoms with van der Waals surface area (Å²) in [6.07, 6.45) is 0.399. The molecular formula is C23H20ClFN6O4S. The lowest BCUT2D eigenvalue weighted by Gasteiger charge is -2.29. The molecule has 1 fully saturated rings. The van der Waals surface area contributed by atoms with Crippen LogP contribution in [0.25, 0.3) is 10.2 Å². The van der Waals surface area contributed by atoms with Crippen LogP contribution in [-0.2, 0) is 21.7 Å². The van der Waals surface area contributed by atoms with Crippen LogP contribution >= 0.6 is 22.9 Å². The molecule has 4 heterocycles. The number of rotatable bonds is 4. The maximum Gasteiger partial charge on any atom is 0.321 e. The van der Waals surface area contributed by atoms with Crippen molar-refractivity contribution in [1.82, 2.24) is 25.5 Å². The van der Waals surface area contributed by atoms with Crippen LogP contribution in [0.2, 0.25) is 5.02 Å². The highest BCUT2D eigenvalue weighted by molar-refractivity contribution is 7.18. The van der Waals surface area contributed by atoms with E-state index in [1.54, 1.807) is 19.9 Å². The smallest absolute Gasteiger partial charge is 0.321 e. The Hall–Kier alpha value is -3.64. The second-order valence-electron chi connectivity index (χ2n) is 9.02. The number of hydrogen-bond donors (Lipinski definition) is 3. The Morgan fingerprint density at radius 2 is 2.00 bits per heavy atom. The molecule has 2 aromatic heterocycles. The Balaban J connectivity index is 1.28. The Morgan fingerprint density at radius 1 is 1.22 bits per heavy atom. The van der Waals surface area contributed by atoms with Gasteiger partial charge in [-0.3, -0.25) is 25.0 Å². The van der Waals surface area contributed by atoms with E-state index in [1.165, 1.54) is 23.1 Å². The standard InChI is InChI=1S/C23H20ClFN6O4S/c1-23(2,21-27-12-5-4-11(24)17(25)18(12)36-21)30-22(35)28-15-7-3-10-13(26-15)9-31(20(10)34)14-6-8-16(32)29-19(14)33/h3-5,7,14H,6,8-9H2,1-2H3,(H,29,32,33)(H2,26,28,30,35). The first kappa shape index (κ1) is 24.1. The fourth-order valence-corrected chi connectivity index (χ4v) is 5.47. The van der Waals surface area contributed by atoms with Gasteiger partial charge in [-0.05, 0) is 44.5 Å². The number of pyridine rings is 1. The molecule has 13 heteroatoms. The number of imide groups is 1. The van der Waals surface area contributed by atoms with Crippen LogP contribution in [0.3, 0.4) is 0 Å². The number of aromatic nitrogens is 2. The van der Waals surface area contributed by atoms with Crippen molar-refractivity contribution in [3.05, 3.63) is 51.4 Å². The first-order chi connectivity index (χ1) is 17.0. The van der Waals surface area contributed by atoms with E-state index < -0.39 is 29.3 Å². The molecule has 3 aromatic rings. The molecule has 2 aliphatic heterocycles. The van der Waals surface area contributed by atoms with Gasteiger partial charge in [0, 0.05) is 6.42 Å². The third-order valence-corrected chi connectivity index (χ3v) is 7.70. The molecule has 5 rings (SSSR count). The Morgan fingerprint density at radius 3 is 2.75 bits per heavy atom. The van der Waals surface area contributed by atoms with Crippen molar-refractivity contribution in [2.45, 2.75) is 44.8 Å². The monoisotopic (exact) mass is 530 g/mol. The van der Waals surface area contributed by atoms with Gasteiger partial charge in [-0.2, -0.15) is 0 Å². The maximum absolute atomic E-state index is 14.3. The normalized spacial score (nSPS) is 17.8. The fourth-order valence-electron chi connectivity index (χ4n) is 4.19. The Kier molecular flexibility index (Phi) is 5.87. The number of halogens is 2. The van der Waals surface area contributed by atoms with E-state index in [9.17, 15) is 23.6 Å². The summed E-state index contributed by atoms with van der Waals surface area (Å²) in [5.41, 5.74) is 0.251. The molecule has 10 nitrogen and oxygen atoms in total. The Labute approximate surface area is 213 Å². The van der Waals surface area contributed by atoms with E-state index in [0.29, 0.717) is 26.5 Å². The zero-order chi connectivity index (χ0) is 25.8. The number of hydrogen-bond acceptors (Lipinski definition) is 7. The van der Waals surface area contributed by atoms with Gasteiger partial charge in [-0.15, -0.1) is 11.3 Å². The maximum atomic E-state index is 14.3. The van der Waals surface area contributed by atoms with Gasteiger partial charge in [-0.25, -0.2) is 19.2 Å². The molecule has 1 atom stereocenters. The molecule has 0 spiro atoms. The minimum absolute atomic E-state index is 0.00135. The minimum Gasteiger partial charge on any atom is -0.326 e. The lowest BCUT2D eigenvalue weighted by Crippen LogP contribution is -2.52. The summed E-state index contributed by atoms with van der Waals surface area (Å²) in [4.78, 5) is 59.4. The molecule has 0 bridgehead atoms. The average molecular weight is 531 g/mol. The third-order valence-electron chi connectivity index (χ3n) is 6.02. The molecule has 1 aromatic carbocycles. The number of carbonyl (C=O) groups excluding carboxylic acids is 4. The predicted molar refractivity (Wildman–Crippen MR) is 130 cm³/mol. The molecule has 0 saturated carbocycles. The fraction of sp³-hybridized carbons (Fsp3) is 0.304. The number of amides is 5. The topological polar surface area (TPSA) is 133 Å². The van der Waals surface area contributed by atoms with Crippen LogP contribution in [-0.4, -0.2) is 44.7 Å². The van der Waals surface area contributed by atoms with Crippen molar-refractivity contribution in [3.8, 4) is 0 Å². The van der Waals surface area contributed by atoms with Gasteiger partial charge >= 0.3 is 6.03 Å². The van der Waals surface area contributed by atoms with E-state index in [0.717, 1.165) is 11.3 Å². The summed E-state index contributed by atoms with van der Waals surface area (Å²) in [6.45, 7) is 3.55. The van der Waals surface area contributed by atoms with Crippen molar-refractivity contribution in [2.75, 3.05) is 5.32 Å². The molecule has 5 amide bonds. The molecule has 1 saturated heterocycles. The molecule has 0 radical (unpaired) electrons. The van der Waals surface area contributed by atoms with Gasteiger partial charge in [0.1, 0.15) is 16.9 Å². The van der Waals surface area contributed by atoms with Crippen LogP contribution in [0, 0.1) is 5.82 Å². The molecule has 0 aliphatic carbocycles. The zero-order valence-corrected chi connectivity index (χ0v) is 20.7. The number of thiazole rings is 1. The van der Waals surface area contributed by atoms with Crippen molar-refractivity contribution in [2.24, 2.45) is 0 Å². The summed E-state index contributed by atoms with van der Waals surface area (Å²) in [7, 11) is 0. The van der Waals surface area contributed by atoms with E-state index in [2.05, 4.69) is 25.9 Å². The van der Waals surface area contributed by atoms with Crippen LogP contribution in [0.1, 0.15) is 47.7 Å². The highest BCUT2D eigenvalue weighted by Gasteiger charge is 2.40. The number of benzene rings is 1. The summed E-state index contributed by atoms with van der Waals surface area (Å²) in [6, 6.07) is 4.76. The molecule has 2 aliphatic rings. The number of fused-ring (bicyclic) bond motifs is 2. The lowest BCUT2D eigenvalue weighted by molar-refractivity contribution is -0.136. The highest BCUT2D eigenvalue weighted by atomic mass is 35.5. The van der Waals surface area contributed by atoms with Gasteiger partial charge in [0.2, 0.25) is 11.8 Å². The van der Waals surface area contributed by atoms with Crippen molar-refractivity contribution in [3.63, 3.8) is 0 Å². The molecule has 186 valence electrons. The minimum atomic E-state index is -0.943. The van der Waals surface area contributed by atoms with E-state index in [4.69, 9.17) is 11.6 Å². The van der Waals surface area contributed by atoms with Crippen molar-refractivity contribution in [1.29, 1.82) is 0 Å². The number of anilines is 1. The molecule has 36 heavy (non-hydrogen) atoms. The van der Waals surface area contributed by atoms with Crippen molar-refractivity contribution >= 4 is 62.7 Å². The summed E-state index contributed by atoms with van der Waals surface area (Å²) >= 11 is 6.96. The summed E-state index contributed by atoms with van der Waals surface area (Å²) < 4.78 is 14.6. The zero-order valence-electron chi connectivity index (χ0n) is 19.1. The number of carbonyl (C=O) groups is 4. The van der Waals surface area contributed by atoms with Crippen LogP contribution in [0.15, 0.2) is 24.3 Å². The second kappa shape index (κ2) is 8.79. The van der Waals surface area contributed by atoms with Crippen LogP contribution < -0.4 is 16.0 Å². The lowest BCUT2D eigenvalue weighted by atomic mass is 10.0. The largest absolute Gasteiger partial charge is 0.326 e. The van der Waals surface area contributed by atoms with Crippen LogP contribution in [0.4, 0.5) is 15.0 Å². The molecular weight excluding hydrogens is 511 g/mol. The van der Waals surface area contributed by atoms with Gasteiger partial charge < -0.3 is 10.2 Å². The molecule has 3 N–H and O–H groups in total. The van der Waals surface area contributed by atoms with Gasteiger partial charge in [0.25, 0.3) is 5.91 Å². The first-order valence-electron chi connectivity index (χ1n) is 11.0. The van der Waals surface area contributed by atoms with Crippen LogP contribution in [0.5, 0.6) is 0 Å². The van der Waals surface area contributed by atoms with Gasteiger partial charge in [0.05, 0.1) is 38.6 Å². The Bertz CT molecular complexity index is 1460. The number of piperidine rings is 1. The van der Waals surface area contributed by atoms with E-state index >= 15 is 0 Å². The second-order valence-corrected chi connectivity index (χ2v) is 10.4. The van der Waals surface area contributed by atoms with Gasteiger partial charge in [-0.1, -0.05) is 11.6 Å². The third kappa shape index (κ3) is 4.26. The SMILES string of the molecule is CC(C)(NC(=O)Nc1ccc2c(n1)CN(C1CCC(=O)NC1=O)C2=O)c1nc2ccc(Cl)c(F)c2s1. The predicted octanol–water partition coefficient (Wildman–Crippen LogP) is 3.30. The van der Waals surface area contributed by atoms with E-state index in [1.807, 2.05) is 0 Å². The first-order valence-corrected chi connectivity index (χ1v) is 12.2. The molecule has 1 unspecified atom stereocenters. The van der Waals surface area contributed by atoms with Crippen molar-refractivity contribution < 1.29 is 23.6 Å². The van der Waals surface area contributed by atoms with E-state index in [-0.39, 0.29) is 42.0 Å². The number of nitrogens with zero attached hydrogens (tertiary/aromatic N) is 3. The highest BCUT2D eigenvalue weighted by Crippen LogP contribution is 2.34. The quantitative estimate of drug-likeness (QED) is 0.443. The summed E-state index contributed by atoms with van der Waals surface area (Å²) in [5.74, 6) is -1.57. The van der Waals surface area contributed by atoms with Gasteiger partial charge in [0.15, 0.2) is 5.82 Å². The average Bonchev–Trinajstić information content (AvgIpc) is 3.38. The summed E-state index contributed by atoms with van der Waals surface area (Å²) in [5, 5.41) is 8.18.